The van der Waals surface area contributed by atoms with Crippen molar-refractivity contribution in [3.05, 3.63) is 41.1 Å². The molecular formula is C11H10ClN2O2-. The van der Waals surface area contributed by atoms with Gasteiger partial charge < -0.3 is 15.6 Å². The first-order valence-corrected chi connectivity index (χ1v) is 4.87. The Balaban J connectivity index is 3.11. The summed E-state index contributed by atoms with van der Waals surface area (Å²) in [5.74, 6) is -1.36. The second-order valence-corrected chi connectivity index (χ2v) is 3.42. The van der Waals surface area contributed by atoms with E-state index in [1.807, 2.05) is 0 Å². The second kappa shape index (κ2) is 5.32. The molecular weight excluding hydrogens is 228 g/mol. The quantitative estimate of drug-likeness (QED) is 0.630. The summed E-state index contributed by atoms with van der Waals surface area (Å²) in [6.07, 6.45) is 0.949. The smallest absolute Gasteiger partial charge is 0.0819 e. The number of halogens is 1. The summed E-state index contributed by atoms with van der Waals surface area (Å²) in [5.41, 5.74) is 5.75. The minimum Gasteiger partial charge on any atom is -0.545 e. The molecule has 0 aliphatic carbocycles. The monoisotopic (exact) mass is 237 g/mol. The highest BCUT2D eigenvalue weighted by atomic mass is 35.5. The largest absolute Gasteiger partial charge is 0.545 e. The Hall–Kier alpha value is -1.81. The first-order chi connectivity index (χ1) is 7.56. The number of carboxylic acid groups (broad SMARTS) is 1. The van der Waals surface area contributed by atoms with Gasteiger partial charge in [-0.05, 0) is 19.1 Å². The summed E-state index contributed by atoms with van der Waals surface area (Å²) in [7, 11) is 0. The number of para-hydroxylation sites is 1. The van der Waals surface area contributed by atoms with Crippen molar-refractivity contribution in [3.63, 3.8) is 0 Å². The molecule has 0 radical (unpaired) electrons. The lowest BCUT2D eigenvalue weighted by Gasteiger charge is -2.07. The number of nitrogens with two attached hydrogens (primary N) is 1. The molecule has 0 aliphatic heterocycles. The average molecular weight is 238 g/mol. The van der Waals surface area contributed by atoms with E-state index in [1.54, 1.807) is 24.3 Å². The zero-order valence-electron chi connectivity index (χ0n) is 8.61. The molecule has 4 nitrogen and oxygen atoms in total. The molecule has 0 amide bonds. The molecule has 0 atom stereocenters. The van der Waals surface area contributed by atoms with E-state index in [1.165, 1.54) is 6.92 Å². The van der Waals surface area contributed by atoms with E-state index in [0.29, 0.717) is 10.7 Å². The maximum Gasteiger partial charge on any atom is 0.0819 e. The van der Waals surface area contributed by atoms with Gasteiger partial charge in [0.1, 0.15) is 0 Å². The number of hydrogen-bond acceptors (Lipinski definition) is 4. The van der Waals surface area contributed by atoms with Gasteiger partial charge in [-0.3, -0.25) is 4.99 Å². The van der Waals surface area contributed by atoms with Crippen molar-refractivity contribution in [2.45, 2.75) is 6.92 Å². The van der Waals surface area contributed by atoms with E-state index in [4.69, 9.17) is 17.3 Å². The normalized spacial score (nSPS) is 12.6. The SMILES string of the molecule is CC(=Nc1ccccc1Cl)C(=CN)C(=O)[O-]. The van der Waals surface area contributed by atoms with Crippen LogP contribution in [-0.2, 0) is 4.79 Å². The fourth-order valence-corrected chi connectivity index (χ4v) is 1.30. The lowest BCUT2D eigenvalue weighted by molar-refractivity contribution is -0.298. The fraction of sp³-hybridized carbons (Fsp3) is 0.0909. The van der Waals surface area contributed by atoms with Crippen molar-refractivity contribution in [3.8, 4) is 0 Å². The highest BCUT2D eigenvalue weighted by Gasteiger charge is 2.04. The molecule has 0 aromatic heterocycles. The van der Waals surface area contributed by atoms with E-state index in [9.17, 15) is 9.90 Å². The van der Waals surface area contributed by atoms with Crippen molar-refractivity contribution in [1.82, 2.24) is 0 Å². The number of aliphatic imine (C=N–C) groups is 1. The van der Waals surface area contributed by atoms with Gasteiger partial charge in [0.05, 0.1) is 16.7 Å². The summed E-state index contributed by atoms with van der Waals surface area (Å²) in [6, 6.07) is 6.85. The van der Waals surface area contributed by atoms with Crippen LogP contribution in [0.1, 0.15) is 6.92 Å². The lowest BCUT2D eigenvalue weighted by Crippen LogP contribution is -2.28. The van der Waals surface area contributed by atoms with E-state index in [-0.39, 0.29) is 11.3 Å². The van der Waals surface area contributed by atoms with Crippen LogP contribution in [0.4, 0.5) is 5.69 Å². The summed E-state index contributed by atoms with van der Waals surface area (Å²) in [6.45, 7) is 1.53. The van der Waals surface area contributed by atoms with Gasteiger partial charge >= 0.3 is 0 Å². The van der Waals surface area contributed by atoms with Gasteiger partial charge in [0.25, 0.3) is 0 Å². The van der Waals surface area contributed by atoms with E-state index in [2.05, 4.69) is 4.99 Å². The molecule has 1 rings (SSSR count). The zero-order valence-corrected chi connectivity index (χ0v) is 9.36. The Morgan fingerprint density at radius 2 is 2.12 bits per heavy atom. The summed E-state index contributed by atoms with van der Waals surface area (Å²) in [4.78, 5) is 14.7. The summed E-state index contributed by atoms with van der Waals surface area (Å²) >= 11 is 5.87. The standard InChI is InChI=1S/C11H11ClN2O2/c1-7(8(6-13)11(15)16)14-10-5-3-2-4-9(10)12/h2-6H,13H2,1H3,(H,15,16)/p-1. The van der Waals surface area contributed by atoms with Gasteiger partial charge in [-0.25, -0.2) is 0 Å². The van der Waals surface area contributed by atoms with Crippen LogP contribution in [0.5, 0.6) is 0 Å². The van der Waals surface area contributed by atoms with Gasteiger partial charge in [0, 0.05) is 17.5 Å². The van der Waals surface area contributed by atoms with Crippen molar-refractivity contribution in [2.24, 2.45) is 10.7 Å². The molecule has 0 unspecified atom stereocenters. The third-order valence-electron chi connectivity index (χ3n) is 1.92. The Morgan fingerprint density at radius 1 is 1.50 bits per heavy atom. The van der Waals surface area contributed by atoms with Gasteiger partial charge in [-0.15, -0.1) is 0 Å². The molecule has 16 heavy (non-hydrogen) atoms. The molecule has 0 bridgehead atoms. The Bertz CT molecular complexity index is 467. The maximum atomic E-state index is 10.7. The molecule has 0 fully saturated rings. The summed E-state index contributed by atoms with van der Waals surface area (Å²) < 4.78 is 0. The molecule has 5 heteroatoms. The topological polar surface area (TPSA) is 78.5 Å². The Morgan fingerprint density at radius 3 is 2.62 bits per heavy atom. The van der Waals surface area contributed by atoms with Crippen LogP contribution >= 0.6 is 11.6 Å². The molecule has 1 aromatic carbocycles. The highest BCUT2D eigenvalue weighted by molar-refractivity contribution is 6.33. The van der Waals surface area contributed by atoms with Crippen LogP contribution in [0.15, 0.2) is 41.0 Å². The van der Waals surface area contributed by atoms with E-state index >= 15 is 0 Å². The van der Waals surface area contributed by atoms with Gasteiger partial charge in [-0.1, -0.05) is 23.7 Å². The number of carbonyl (C=O) groups excluding carboxylic acids is 1. The van der Waals surface area contributed by atoms with Crippen molar-refractivity contribution in [2.75, 3.05) is 0 Å². The molecule has 0 heterocycles. The molecule has 0 saturated heterocycles. The van der Waals surface area contributed by atoms with Gasteiger partial charge in [-0.2, -0.15) is 0 Å². The molecule has 1 aromatic rings. The summed E-state index contributed by atoms with van der Waals surface area (Å²) in [5, 5.41) is 11.1. The third kappa shape index (κ3) is 2.84. The number of hydrogen-bond donors (Lipinski definition) is 1. The van der Waals surface area contributed by atoms with Crippen molar-refractivity contribution < 1.29 is 9.90 Å². The number of nitrogens with zero attached hydrogens (tertiary/aromatic N) is 1. The Labute approximate surface area is 98.1 Å². The number of aliphatic carboxylic acids is 1. The molecule has 0 saturated carbocycles. The predicted octanol–water partition coefficient (Wildman–Crippen LogP) is 1.02. The number of carboxylic acids is 1. The van der Waals surface area contributed by atoms with Gasteiger partial charge in [0.2, 0.25) is 0 Å². The van der Waals surface area contributed by atoms with Crippen molar-refractivity contribution >= 4 is 29.0 Å². The average Bonchev–Trinajstić information content (AvgIpc) is 2.22. The Kier molecular flexibility index (Phi) is 4.08. The highest BCUT2D eigenvalue weighted by Crippen LogP contribution is 2.24. The molecule has 84 valence electrons. The van der Waals surface area contributed by atoms with Crippen LogP contribution in [0, 0.1) is 0 Å². The minimum atomic E-state index is -1.36. The van der Waals surface area contributed by atoms with Gasteiger partial charge in [0.15, 0.2) is 0 Å². The van der Waals surface area contributed by atoms with Crippen LogP contribution in [0.3, 0.4) is 0 Å². The molecule has 2 N–H and O–H groups in total. The molecule has 0 spiro atoms. The minimum absolute atomic E-state index is 0.153. The lowest BCUT2D eigenvalue weighted by atomic mass is 10.2. The molecule has 0 aliphatic rings. The second-order valence-electron chi connectivity index (χ2n) is 3.02. The van der Waals surface area contributed by atoms with Crippen molar-refractivity contribution in [1.29, 1.82) is 0 Å². The maximum absolute atomic E-state index is 10.7. The van der Waals surface area contributed by atoms with Crippen LogP contribution in [0.25, 0.3) is 0 Å². The van der Waals surface area contributed by atoms with E-state index in [0.717, 1.165) is 6.20 Å². The predicted molar refractivity (Wildman–Crippen MR) is 61.5 cm³/mol. The first kappa shape index (κ1) is 12.3. The van der Waals surface area contributed by atoms with Crippen LogP contribution in [0.2, 0.25) is 5.02 Å². The van der Waals surface area contributed by atoms with Crippen LogP contribution in [-0.4, -0.2) is 11.7 Å². The fourth-order valence-electron chi connectivity index (χ4n) is 1.12. The first-order valence-electron chi connectivity index (χ1n) is 4.49. The number of carbonyl (C=O) groups is 1. The third-order valence-corrected chi connectivity index (χ3v) is 2.24. The number of rotatable bonds is 3. The number of benzene rings is 1. The van der Waals surface area contributed by atoms with Crippen LogP contribution < -0.4 is 10.8 Å². The zero-order chi connectivity index (χ0) is 12.1. The van der Waals surface area contributed by atoms with E-state index < -0.39 is 5.97 Å².